The lowest BCUT2D eigenvalue weighted by atomic mass is 9.87. The van der Waals surface area contributed by atoms with Crippen molar-refractivity contribution >= 4 is 34.0 Å². The van der Waals surface area contributed by atoms with E-state index in [4.69, 9.17) is 4.74 Å². The third kappa shape index (κ3) is 6.36. The van der Waals surface area contributed by atoms with Crippen LogP contribution in [0, 0.1) is 0 Å². The SMILES string of the molecule is CC(C)(C)c1ccc(C(=O)N/N=C/c2ccc(OC(=O)c3ccc(Br)cc3)cc2)cc1. The summed E-state index contributed by atoms with van der Waals surface area (Å²) < 4.78 is 6.25. The van der Waals surface area contributed by atoms with E-state index in [9.17, 15) is 9.59 Å². The van der Waals surface area contributed by atoms with Crippen LogP contribution in [-0.2, 0) is 5.41 Å². The average molecular weight is 479 g/mol. The zero-order chi connectivity index (χ0) is 22.4. The number of nitrogens with zero attached hydrogens (tertiary/aromatic N) is 1. The summed E-state index contributed by atoms with van der Waals surface area (Å²) in [5, 5.41) is 4.00. The number of rotatable bonds is 5. The van der Waals surface area contributed by atoms with Gasteiger partial charge in [0, 0.05) is 10.0 Å². The van der Waals surface area contributed by atoms with E-state index in [2.05, 4.69) is 47.2 Å². The van der Waals surface area contributed by atoms with Gasteiger partial charge in [0.05, 0.1) is 11.8 Å². The molecule has 0 aromatic heterocycles. The van der Waals surface area contributed by atoms with Crippen LogP contribution in [0.25, 0.3) is 0 Å². The minimum Gasteiger partial charge on any atom is -0.423 e. The van der Waals surface area contributed by atoms with Crippen LogP contribution < -0.4 is 10.2 Å². The second kappa shape index (κ2) is 9.71. The lowest BCUT2D eigenvalue weighted by Gasteiger charge is -2.18. The van der Waals surface area contributed by atoms with Crippen LogP contribution in [0.5, 0.6) is 5.75 Å². The minimum absolute atomic E-state index is 0.0336. The number of amides is 1. The van der Waals surface area contributed by atoms with Crippen molar-refractivity contribution in [3.05, 3.63) is 99.5 Å². The van der Waals surface area contributed by atoms with Crippen molar-refractivity contribution in [2.24, 2.45) is 5.10 Å². The normalized spacial score (nSPS) is 11.4. The van der Waals surface area contributed by atoms with Gasteiger partial charge in [0.2, 0.25) is 0 Å². The Morgan fingerprint density at radius 1 is 0.871 bits per heavy atom. The van der Waals surface area contributed by atoms with Gasteiger partial charge < -0.3 is 4.74 Å². The van der Waals surface area contributed by atoms with Crippen molar-refractivity contribution in [1.29, 1.82) is 0 Å². The lowest BCUT2D eigenvalue weighted by Crippen LogP contribution is -2.18. The number of hydrazone groups is 1. The first-order chi connectivity index (χ1) is 14.7. The van der Waals surface area contributed by atoms with Gasteiger partial charge in [0.25, 0.3) is 5.91 Å². The van der Waals surface area contributed by atoms with Gasteiger partial charge in [-0.2, -0.15) is 5.10 Å². The zero-order valence-corrected chi connectivity index (χ0v) is 19.1. The van der Waals surface area contributed by atoms with E-state index in [1.807, 2.05) is 12.1 Å². The van der Waals surface area contributed by atoms with Crippen LogP contribution in [0.4, 0.5) is 0 Å². The molecule has 3 rings (SSSR count). The molecule has 5 nitrogen and oxygen atoms in total. The van der Waals surface area contributed by atoms with Crippen molar-refractivity contribution in [2.75, 3.05) is 0 Å². The molecule has 6 heteroatoms. The van der Waals surface area contributed by atoms with Crippen molar-refractivity contribution in [3.8, 4) is 5.75 Å². The summed E-state index contributed by atoms with van der Waals surface area (Å²) in [4.78, 5) is 24.4. The molecule has 0 saturated heterocycles. The van der Waals surface area contributed by atoms with E-state index < -0.39 is 5.97 Å². The molecule has 0 spiro atoms. The molecule has 1 N–H and O–H groups in total. The van der Waals surface area contributed by atoms with Gasteiger partial charge in [-0.3, -0.25) is 4.79 Å². The van der Waals surface area contributed by atoms with Gasteiger partial charge in [0.15, 0.2) is 0 Å². The predicted molar refractivity (Wildman–Crippen MR) is 126 cm³/mol. The number of halogens is 1. The number of benzene rings is 3. The maximum atomic E-state index is 12.2. The monoisotopic (exact) mass is 478 g/mol. The number of hydrogen-bond acceptors (Lipinski definition) is 4. The largest absolute Gasteiger partial charge is 0.423 e. The first-order valence-electron chi connectivity index (χ1n) is 9.74. The number of nitrogens with one attached hydrogen (secondary N) is 1. The second-order valence-corrected chi connectivity index (χ2v) is 8.91. The summed E-state index contributed by atoms with van der Waals surface area (Å²) in [6.45, 7) is 6.37. The summed E-state index contributed by atoms with van der Waals surface area (Å²) >= 11 is 3.33. The van der Waals surface area contributed by atoms with E-state index in [0.29, 0.717) is 16.9 Å². The quantitative estimate of drug-likeness (QED) is 0.220. The summed E-state index contributed by atoms with van der Waals surface area (Å²) in [6.07, 6.45) is 1.53. The van der Waals surface area contributed by atoms with E-state index in [1.54, 1.807) is 60.7 Å². The van der Waals surface area contributed by atoms with Gasteiger partial charge >= 0.3 is 5.97 Å². The summed E-state index contributed by atoms with van der Waals surface area (Å²) in [5.74, 6) is -0.288. The fourth-order valence-electron chi connectivity index (χ4n) is 2.73. The molecule has 0 atom stereocenters. The maximum Gasteiger partial charge on any atom is 0.343 e. The zero-order valence-electron chi connectivity index (χ0n) is 17.6. The van der Waals surface area contributed by atoms with Crippen LogP contribution in [-0.4, -0.2) is 18.1 Å². The van der Waals surface area contributed by atoms with Crippen molar-refractivity contribution < 1.29 is 14.3 Å². The molecule has 0 fully saturated rings. The van der Waals surface area contributed by atoms with Crippen molar-refractivity contribution in [2.45, 2.75) is 26.2 Å². The highest BCUT2D eigenvalue weighted by Gasteiger charge is 2.14. The molecule has 0 aliphatic rings. The first kappa shape index (κ1) is 22.4. The molecule has 0 aliphatic carbocycles. The number of ether oxygens (including phenoxy) is 1. The second-order valence-electron chi connectivity index (χ2n) is 7.99. The van der Waals surface area contributed by atoms with E-state index >= 15 is 0 Å². The molecule has 1 amide bonds. The van der Waals surface area contributed by atoms with Gasteiger partial charge in [-0.1, -0.05) is 48.8 Å². The number of carbonyl (C=O) groups is 2. The molecular formula is C25H23BrN2O3. The lowest BCUT2D eigenvalue weighted by molar-refractivity contribution is 0.0734. The summed E-state index contributed by atoms with van der Waals surface area (Å²) in [5.41, 5.74) is 5.48. The molecule has 0 aliphatic heterocycles. The molecule has 0 heterocycles. The maximum absolute atomic E-state index is 12.2. The molecule has 0 radical (unpaired) electrons. The van der Waals surface area contributed by atoms with Crippen molar-refractivity contribution in [1.82, 2.24) is 5.43 Å². The van der Waals surface area contributed by atoms with Gasteiger partial charge in [-0.05, 0) is 77.2 Å². The molecule has 31 heavy (non-hydrogen) atoms. The van der Waals surface area contributed by atoms with Crippen LogP contribution in [0.3, 0.4) is 0 Å². The standard InChI is InChI=1S/C25H23BrN2O3/c1-25(2,3)20-10-6-18(7-11-20)23(29)28-27-16-17-4-14-22(15-5-17)31-24(30)19-8-12-21(26)13-9-19/h4-16H,1-3H3,(H,28,29)/b27-16+. The fraction of sp³-hybridized carbons (Fsp3) is 0.160. The van der Waals surface area contributed by atoms with Crippen LogP contribution in [0.1, 0.15) is 52.6 Å². The topological polar surface area (TPSA) is 67.8 Å². The van der Waals surface area contributed by atoms with Gasteiger partial charge in [-0.25, -0.2) is 10.2 Å². The third-order valence-corrected chi connectivity index (χ3v) is 5.09. The van der Waals surface area contributed by atoms with Crippen LogP contribution in [0.15, 0.2) is 82.4 Å². The van der Waals surface area contributed by atoms with E-state index in [1.165, 1.54) is 6.21 Å². The molecule has 3 aromatic rings. The molecule has 0 saturated carbocycles. The highest BCUT2D eigenvalue weighted by Crippen LogP contribution is 2.22. The number of esters is 1. The number of carbonyl (C=O) groups excluding carboxylic acids is 2. The van der Waals surface area contributed by atoms with E-state index in [0.717, 1.165) is 15.6 Å². The smallest absolute Gasteiger partial charge is 0.343 e. The fourth-order valence-corrected chi connectivity index (χ4v) is 2.99. The molecule has 0 bridgehead atoms. The molecule has 158 valence electrons. The Morgan fingerprint density at radius 2 is 1.45 bits per heavy atom. The van der Waals surface area contributed by atoms with Gasteiger partial charge in [0.1, 0.15) is 5.75 Å². The Bertz CT molecular complexity index is 1080. The highest BCUT2D eigenvalue weighted by molar-refractivity contribution is 9.10. The Kier molecular flexibility index (Phi) is 7.02. The highest BCUT2D eigenvalue weighted by atomic mass is 79.9. The Balaban J connectivity index is 1.55. The average Bonchev–Trinajstić information content (AvgIpc) is 2.75. The first-order valence-corrected chi connectivity index (χ1v) is 10.5. The van der Waals surface area contributed by atoms with Crippen LogP contribution >= 0.6 is 15.9 Å². The molecule has 0 unspecified atom stereocenters. The van der Waals surface area contributed by atoms with Gasteiger partial charge in [-0.15, -0.1) is 0 Å². The molecular weight excluding hydrogens is 456 g/mol. The Morgan fingerprint density at radius 3 is 2.03 bits per heavy atom. The Labute approximate surface area is 190 Å². The Hall–Kier alpha value is -3.25. The summed E-state index contributed by atoms with van der Waals surface area (Å²) in [7, 11) is 0. The van der Waals surface area contributed by atoms with Crippen LogP contribution in [0.2, 0.25) is 0 Å². The predicted octanol–water partition coefficient (Wildman–Crippen LogP) is 5.73. The van der Waals surface area contributed by atoms with Crippen molar-refractivity contribution in [3.63, 3.8) is 0 Å². The van der Waals surface area contributed by atoms with E-state index in [-0.39, 0.29) is 11.3 Å². The third-order valence-electron chi connectivity index (χ3n) is 4.56. The number of hydrogen-bond donors (Lipinski definition) is 1. The summed E-state index contributed by atoms with van der Waals surface area (Å²) in [6, 6.07) is 21.3. The minimum atomic E-state index is -0.432. The molecule has 3 aromatic carbocycles.